The number of benzene rings is 1. The Morgan fingerprint density at radius 1 is 1.13 bits per heavy atom. The van der Waals surface area contributed by atoms with Gasteiger partial charge in [0.2, 0.25) is 21.8 Å². The maximum absolute atomic E-state index is 13.1. The highest BCUT2D eigenvalue weighted by Gasteiger charge is 2.34. The average molecular weight is 445 g/mol. The van der Waals surface area contributed by atoms with E-state index in [0.717, 1.165) is 6.08 Å². The molecular weight excluding hydrogens is 422 g/mol. The van der Waals surface area contributed by atoms with E-state index in [4.69, 9.17) is 9.15 Å². The molecule has 31 heavy (non-hydrogen) atoms. The number of hydrogen-bond acceptors (Lipinski definition) is 6. The SMILES string of the molecule is C=CC(=O)Nc1cc2c(o1)CN(S(=O)(=O)c1cccc(NC(=O)C3CCOCC3)c1)C2. The maximum Gasteiger partial charge on any atom is 0.250 e. The molecule has 0 aliphatic carbocycles. The van der Waals surface area contributed by atoms with E-state index in [-0.39, 0.29) is 35.7 Å². The standard InChI is InChI=1S/C21H23N3O6S/c1-2-19(25)23-20-10-15-12-24(13-18(15)30-20)31(27,28)17-5-3-4-16(11-17)22-21(26)14-6-8-29-9-7-14/h2-5,10-11,14H,1,6-9,12-13H2,(H,22,26)(H,23,25). The minimum atomic E-state index is -3.80. The predicted molar refractivity (Wildman–Crippen MR) is 113 cm³/mol. The molecule has 10 heteroatoms. The third-order valence-electron chi connectivity index (χ3n) is 5.33. The number of amides is 2. The third-order valence-corrected chi connectivity index (χ3v) is 7.11. The summed E-state index contributed by atoms with van der Waals surface area (Å²) in [7, 11) is -3.80. The van der Waals surface area contributed by atoms with Crippen molar-refractivity contribution in [3.05, 3.63) is 54.3 Å². The molecule has 3 heterocycles. The molecule has 2 aliphatic rings. The van der Waals surface area contributed by atoms with Crippen LogP contribution in [0, 0.1) is 5.92 Å². The topological polar surface area (TPSA) is 118 Å². The Balaban J connectivity index is 1.45. The van der Waals surface area contributed by atoms with Crippen molar-refractivity contribution in [1.29, 1.82) is 0 Å². The van der Waals surface area contributed by atoms with Crippen LogP contribution < -0.4 is 10.6 Å². The molecular formula is C21H23N3O6S. The van der Waals surface area contributed by atoms with Crippen LogP contribution in [-0.4, -0.2) is 37.8 Å². The van der Waals surface area contributed by atoms with Crippen molar-refractivity contribution in [2.24, 2.45) is 5.92 Å². The molecule has 1 saturated heterocycles. The lowest BCUT2D eigenvalue weighted by molar-refractivity contribution is -0.122. The first-order chi connectivity index (χ1) is 14.9. The number of carbonyl (C=O) groups is 2. The van der Waals surface area contributed by atoms with Crippen LogP contribution in [0.5, 0.6) is 0 Å². The zero-order valence-electron chi connectivity index (χ0n) is 16.8. The first-order valence-electron chi connectivity index (χ1n) is 9.90. The highest BCUT2D eigenvalue weighted by molar-refractivity contribution is 7.89. The molecule has 1 aromatic heterocycles. The largest absolute Gasteiger partial charge is 0.444 e. The predicted octanol–water partition coefficient (Wildman–Crippen LogP) is 2.47. The number of nitrogens with zero attached hydrogens (tertiary/aromatic N) is 1. The molecule has 2 aliphatic heterocycles. The normalized spacial score (nSPS) is 17.2. The van der Waals surface area contributed by atoms with Crippen LogP contribution in [0.3, 0.4) is 0 Å². The van der Waals surface area contributed by atoms with Gasteiger partial charge in [-0.15, -0.1) is 0 Å². The van der Waals surface area contributed by atoms with Crippen LogP contribution in [-0.2, 0) is 37.4 Å². The van der Waals surface area contributed by atoms with Crippen molar-refractivity contribution in [2.75, 3.05) is 23.8 Å². The Bertz CT molecular complexity index is 1090. The fourth-order valence-electron chi connectivity index (χ4n) is 3.63. The maximum atomic E-state index is 13.1. The Hall–Kier alpha value is -2.95. The summed E-state index contributed by atoms with van der Waals surface area (Å²) in [5, 5.41) is 5.33. The number of rotatable bonds is 6. The Morgan fingerprint density at radius 3 is 2.61 bits per heavy atom. The minimum absolute atomic E-state index is 0.0558. The van der Waals surface area contributed by atoms with Crippen LogP contribution >= 0.6 is 0 Å². The van der Waals surface area contributed by atoms with E-state index >= 15 is 0 Å². The molecule has 164 valence electrons. The van der Waals surface area contributed by atoms with Crippen LogP contribution in [0.25, 0.3) is 0 Å². The van der Waals surface area contributed by atoms with Gasteiger partial charge < -0.3 is 14.5 Å². The summed E-state index contributed by atoms with van der Waals surface area (Å²) in [6.07, 6.45) is 2.42. The zero-order valence-corrected chi connectivity index (χ0v) is 17.6. The molecule has 0 unspecified atom stereocenters. The Morgan fingerprint density at radius 2 is 1.90 bits per heavy atom. The van der Waals surface area contributed by atoms with Crippen LogP contribution in [0.1, 0.15) is 24.2 Å². The molecule has 0 atom stereocenters. The van der Waals surface area contributed by atoms with E-state index in [9.17, 15) is 18.0 Å². The van der Waals surface area contributed by atoms with Crippen molar-refractivity contribution in [3.8, 4) is 0 Å². The molecule has 2 N–H and O–H groups in total. The number of hydrogen-bond donors (Lipinski definition) is 2. The summed E-state index contributed by atoms with van der Waals surface area (Å²) in [6.45, 7) is 4.66. The number of sulfonamides is 1. The molecule has 1 aromatic carbocycles. The van der Waals surface area contributed by atoms with Gasteiger partial charge in [-0.05, 0) is 37.1 Å². The summed E-state index contributed by atoms with van der Waals surface area (Å²) in [5.74, 6) is 0.0555. The van der Waals surface area contributed by atoms with Gasteiger partial charge in [-0.3, -0.25) is 14.9 Å². The highest BCUT2D eigenvalue weighted by atomic mass is 32.2. The monoisotopic (exact) mass is 445 g/mol. The second-order valence-electron chi connectivity index (χ2n) is 7.43. The number of carbonyl (C=O) groups excluding carboxylic acids is 2. The van der Waals surface area contributed by atoms with Gasteiger partial charge in [-0.1, -0.05) is 12.6 Å². The number of nitrogens with one attached hydrogen (secondary N) is 2. The zero-order chi connectivity index (χ0) is 22.0. The molecule has 9 nitrogen and oxygen atoms in total. The van der Waals surface area contributed by atoms with Gasteiger partial charge in [0.1, 0.15) is 5.76 Å². The lowest BCUT2D eigenvalue weighted by Gasteiger charge is -2.21. The van der Waals surface area contributed by atoms with E-state index in [2.05, 4.69) is 17.2 Å². The summed E-state index contributed by atoms with van der Waals surface area (Å²) < 4.78 is 38.4. The van der Waals surface area contributed by atoms with Crippen LogP contribution in [0.2, 0.25) is 0 Å². The fraction of sp³-hybridized carbons (Fsp3) is 0.333. The highest BCUT2D eigenvalue weighted by Crippen LogP contribution is 2.33. The molecule has 1 fully saturated rings. The van der Waals surface area contributed by atoms with E-state index in [1.165, 1.54) is 16.4 Å². The second kappa shape index (κ2) is 8.66. The lowest BCUT2D eigenvalue weighted by Crippen LogP contribution is -2.29. The number of ether oxygens (including phenoxy) is 1. The molecule has 0 radical (unpaired) electrons. The summed E-state index contributed by atoms with van der Waals surface area (Å²) in [4.78, 5) is 23.9. The van der Waals surface area contributed by atoms with Crippen molar-refractivity contribution < 1.29 is 27.2 Å². The Labute approximate surface area is 180 Å². The molecule has 2 amide bonds. The summed E-state index contributed by atoms with van der Waals surface area (Å²) in [5.41, 5.74) is 1.12. The van der Waals surface area contributed by atoms with E-state index in [1.54, 1.807) is 18.2 Å². The lowest BCUT2D eigenvalue weighted by atomic mass is 9.99. The van der Waals surface area contributed by atoms with Gasteiger partial charge in [0.05, 0.1) is 11.4 Å². The van der Waals surface area contributed by atoms with Gasteiger partial charge in [0.15, 0.2) is 5.88 Å². The van der Waals surface area contributed by atoms with Crippen LogP contribution in [0.15, 0.2) is 52.3 Å². The minimum Gasteiger partial charge on any atom is -0.444 e. The number of furan rings is 1. The quantitative estimate of drug-likeness (QED) is 0.660. The first-order valence-corrected chi connectivity index (χ1v) is 11.3. The summed E-state index contributed by atoms with van der Waals surface area (Å²) >= 11 is 0. The van der Waals surface area contributed by atoms with Gasteiger partial charge >= 0.3 is 0 Å². The van der Waals surface area contributed by atoms with Crippen molar-refractivity contribution in [2.45, 2.75) is 30.8 Å². The van der Waals surface area contributed by atoms with E-state index in [1.807, 2.05) is 0 Å². The fourth-order valence-corrected chi connectivity index (χ4v) is 5.05. The Kier molecular flexibility index (Phi) is 5.94. The smallest absolute Gasteiger partial charge is 0.250 e. The average Bonchev–Trinajstić information content (AvgIpc) is 3.33. The second-order valence-corrected chi connectivity index (χ2v) is 9.37. The molecule has 2 aromatic rings. The summed E-state index contributed by atoms with van der Waals surface area (Å²) in [6, 6.07) is 7.83. The van der Waals surface area contributed by atoms with Gasteiger partial charge in [-0.25, -0.2) is 8.42 Å². The third kappa shape index (κ3) is 4.55. The molecule has 0 bridgehead atoms. The molecule has 0 saturated carbocycles. The van der Waals surface area contributed by atoms with Crippen molar-refractivity contribution >= 4 is 33.4 Å². The van der Waals surface area contributed by atoms with Crippen molar-refractivity contribution in [3.63, 3.8) is 0 Å². The number of anilines is 2. The molecule has 0 spiro atoms. The van der Waals surface area contributed by atoms with Gasteiger partial charge in [0, 0.05) is 43.0 Å². The van der Waals surface area contributed by atoms with Crippen molar-refractivity contribution in [1.82, 2.24) is 4.31 Å². The van der Waals surface area contributed by atoms with E-state index < -0.39 is 15.9 Å². The number of fused-ring (bicyclic) bond motifs is 1. The van der Waals surface area contributed by atoms with Gasteiger partial charge in [-0.2, -0.15) is 4.31 Å². The van der Waals surface area contributed by atoms with Crippen LogP contribution in [0.4, 0.5) is 11.6 Å². The first kappa shape index (κ1) is 21.3. The van der Waals surface area contributed by atoms with Gasteiger partial charge in [0.25, 0.3) is 0 Å². The molecule has 4 rings (SSSR count). The van der Waals surface area contributed by atoms with E-state index in [0.29, 0.717) is 43.1 Å².